The van der Waals surface area contributed by atoms with Crippen LogP contribution < -0.4 is 11.2 Å². The maximum Gasteiger partial charge on any atom is 0.330 e. The van der Waals surface area contributed by atoms with Gasteiger partial charge in [0.15, 0.2) is 6.23 Å². The summed E-state index contributed by atoms with van der Waals surface area (Å²) in [7, 11) is 1.48. The number of aliphatic hydroxyl groups excluding tert-OH is 1. The number of aliphatic hydroxyl groups is 1. The van der Waals surface area contributed by atoms with E-state index in [0.717, 1.165) is 0 Å². The van der Waals surface area contributed by atoms with Crippen molar-refractivity contribution in [2.75, 3.05) is 20.3 Å². The van der Waals surface area contributed by atoms with Gasteiger partial charge in [-0.05, 0) is 11.8 Å². The Labute approximate surface area is 131 Å². The van der Waals surface area contributed by atoms with Crippen molar-refractivity contribution in [1.29, 1.82) is 0 Å². The third-order valence-electron chi connectivity index (χ3n) is 3.32. The largest absolute Gasteiger partial charge is 0.387 e. The second-order valence-corrected chi connectivity index (χ2v) is 5.15. The van der Waals surface area contributed by atoms with E-state index in [2.05, 4.69) is 4.98 Å². The Morgan fingerprint density at radius 3 is 2.95 bits per heavy atom. The Hall–Kier alpha value is -1.39. The second-order valence-electron chi connectivity index (χ2n) is 4.82. The van der Waals surface area contributed by atoms with Gasteiger partial charge < -0.3 is 19.3 Å². The van der Waals surface area contributed by atoms with Crippen molar-refractivity contribution in [3.8, 4) is 0 Å². The van der Waals surface area contributed by atoms with Crippen LogP contribution >= 0.6 is 12.2 Å². The summed E-state index contributed by atoms with van der Waals surface area (Å²) in [6.07, 6.45) is -1.38. The maximum atomic E-state index is 11.9. The van der Waals surface area contributed by atoms with Crippen molar-refractivity contribution in [3.05, 3.63) is 33.1 Å². The molecule has 0 aromatic carbocycles. The molecule has 1 aromatic rings. The van der Waals surface area contributed by atoms with Gasteiger partial charge in [0.05, 0.1) is 13.2 Å². The predicted molar refractivity (Wildman–Crippen MR) is 81.1 cm³/mol. The normalized spacial score (nSPS) is 27.9. The van der Waals surface area contributed by atoms with Crippen molar-refractivity contribution in [2.45, 2.75) is 31.0 Å². The molecule has 122 valence electrons. The summed E-state index contributed by atoms with van der Waals surface area (Å²) in [5, 5.41) is 11.8. The fourth-order valence-electron chi connectivity index (χ4n) is 2.30. The third-order valence-corrected chi connectivity index (χ3v) is 3.55. The van der Waals surface area contributed by atoms with Crippen LogP contribution in [0.2, 0.25) is 0 Å². The van der Waals surface area contributed by atoms with E-state index in [9.17, 15) is 14.7 Å². The molecule has 22 heavy (non-hydrogen) atoms. The summed E-state index contributed by atoms with van der Waals surface area (Å²) in [4.78, 5) is 25.2. The van der Waals surface area contributed by atoms with Gasteiger partial charge in [0.2, 0.25) is 0 Å². The van der Waals surface area contributed by atoms with E-state index in [1.807, 2.05) is 0 Å². The predicted octanol–water partition coefficient (Wildman–Crippen LogP) is -0.784. The van der Waals surface area contributed by atoms with Crippen molar-refractivity contribution < 1.29 is 19.3 Å². The molecule has 1 fully saturated rings. The maximum absolute atomic E-state index is 11.9. The first-order valence-electron chi connectivity index (χ1n) is 6.77. The van der Waals surface area contributed by atoms with E-state index >= 15 is 0 Å². The summed E-state index contributed by atoms with van der Waals surface area (Å²) in [6.45, 7) is 0.450. The Balaban J connectivity index is 2.26. The Bertz CT molecular complexity index is 615. The molecule has 0 unspecified atom stereocenters. The lowest BCUT2D eigenvalue weighted by Gasteiger charge is -2.21. The van der Waals surface area contributed by atoms with E-state index in [0.29, 0.717) is 13.0 Å². The first-order chi connectivity index (χ1) is 10.6. The molecule has 1 aliphatic rings. The second kappa shape index (κ2) is 7.75. The Morgan fingerprint density at radius 1 is 1.55 bits per heavy atom. The van der Waals surface area contributed by atoms with E-state index in [1.165, 1.54) is 29.3 Å². The molecular weight excluding hydrogens is 312 g/mol. The average molecular weight is 330 g/mol. The van der Waals surface area contributed by atoms with Gasteiger partial charge >= 0.3 is 5.69 Å². The molecule has 1 aromatic heterocycles. The number of aromatic amines is 1. The van der Waals surface area contributed by atoms with Gasteiger partial charge in [-0.2, -0.15) is 0 Å². The van der Waals surface area contributed by atoms with Crippen LogP contribution in [0, 0.1) is 0 Å². The number of ether oxygens (including phenoxy) is 3. The molecule has 9 heteroatoms. The Morgan fingerprint density at radius 2 is 2.32 bits per heavy atom. The topological polar surface area (TPSA) is 103 Å². The fourth-order valence-corrected chi connectivity index (χ4v) is 2.40. The standard InChI is InChI=1S/C13H18N2O6S/c1-19-7-8-10(17)11(20-5-2-6-22)12(21-8)15-4-3-9(16)14-13(15)18/h3-4,6,8,10-12,17H,2,5,7H2,1H3,(H,14,16,18)/t8-,10-,11-,12-/m1/s1. The fraction of sp³-hybridized carbons (Fsp3) is 0.615. The highest BCUT2D eigenvalue weighted by Crippen LogP contribution is 2.30. The molecule has 2 rings (SSSR count). The molecular formula is C13H18N2O6S. The number of methoxy groups -OCH3 is 1. The van der Waals surface area contributed by atoms with Crippen LogP contribution in [-0.4, -0.2) is 58.7 Å². The summed E-state index contributed by atoms with van der Waals surface area (Å²) >= 11 is 4.73. The van der Waals surface area contributed by atoms with Gasteiger partial charge in [-0.3, -0.25) is 14.3 Å². The molecule has 8 nitrogen and oxygen atoms in total. The van der Waals surface area contributed by atoms with E-state index in [1.54, 1.807) is 0 Å². The van der Waals surface area contributed by atoms with Gasteiger partial charge in [0.1, 0.15) is 18.3 Å². The lowest BCUT2D eigenvalue weighted by molar-refractivity contribution is -0.0752. The van der Waals surface area contributed by atoms with Crippen molar-refractivity contribution >= 4 is 17.6 Å². The zero-order valence-electron chi connectivity index (χ0n) is 12.0. The lowest BCUT2D eigenvalue weighted by atomic mass is 10.1. The average Bonchev–Trinajstić information content (AvgIpc) is 2.77. The smallest absolute Gasteiger partial charge is 0.330 e. The summed E-state index contributed by atoms with van der Waals surface area (Å²) in [6, 6.07) is 1.20. The number of hydrogen-bond acceptors (Lipinski definition) is 7. The van der Waals surface area contributed by atoms with Gasteiger partial charge in [-0.15, -0.1) is 0 Å². The van der Waals surface area contributed by atoms with Gasteiger partial charge in [0.25, 0.3) is 5.56 Å². The van der Waals surface area contributed by atoms with Gasteiger partial charge in [0, 0.05) is 19.4 Å². The number of H-pyrrole nitrogens is 1. The van der Waals surface area contributed by atoms with Crippen molar-refractivity contribution in [3.63, 3.8) is 0 Å². The van der Waals surface area contributed by atoms with E-state index in [4.69, 9.17) is 26.4 Å². The minimum atomic E-state index is -0.964. The van der Waals surface area contributed by atoms with Crippen LogP contribution in [0.15, 0.2) is 21.9 Å². The lowest BCUT2D eigenvalue weighted by Crippen LogP contribution is -2.39. The minimum absolute atomic E-state index is 0.156. The van der Waals surface area contributed by atoms with Crippen LogP contribution in [0.4, 0.5) is 0 Å². The molecule has 1 aliphatic heterocycles. The number of nitrogens with zero attached hydrogens (tertiary/aromatic N) is 1. The molecule has 0 spiro atoms. The quantitative estimate of drug-likeness (QED) is 0.499. The first-order valence-corrected chi connectivity index (χ1v) is 7.24. The highest BCUT2D eigenvalue weighted by Gasteiger charge is 2.45. The van der Waals surface area contributed by atoms with Crippen molar-refractivity contribution in [2.24, 2.45) is 0 Å². The van der Waals surface area contributed by atoms with Crippen LogP contribution in [0.1, 0.15) is 12.6 Å². The molecule has 0 radical (unpaired) electrons. The molecule has 1 saturated heterocycles. The molecule has 0 aliphatic carbocycles. The van der Waals surface area contributed by atoms with Crippen LogP contribution in [0.5, 0.6) is 0 Å². The van der Waals surface area contributed by atoms with E-state index < -0.39 is 35.8 Å². The Kier molecular flexibility index (Phi) is 5.98. The van der Waals surface area contributed by atoms with Crippen LogP contribution in [0.25, 0.3) is 0 Å². The number of aromatic nitrogens is 2. The van der Waals surface area contributed by atoms with Crippen molar-refractivity contribution in [1.82, 2.24) is 9.55 Å². The van der Waals surface area contributed by atoms with Crippen LogP contribution in [-0.2, 0) is 14.2 Å². The first kappa shape index (κ1) is 17.0. The molecule has 2 N–H and O–H groups in total. The number of thiocarbonyl (C=S) groups is 1. The summed E-state index contributed by atoms with van der Waals surface area (Å²) in [5.41, 5.74) is -1.14. The minimum Gasteiger partial charge on any atom is -0.387 e. The summed E-state index contributed by atoms with van der Waals surface area (Å²) in [5.74, 6) is 0. The number of rotatable bonds is 7. The molecule has 2 heterocycles. The molecule has 0 saturated carbocycles. The summed E-state index contributed by atoms with van der Waals surface area (Å²) < 4.78 is 17.5. The third kappa shape index (κ3) is 3.68. The SMILES string of the molecule is COC[C@H]1O[C@@H](n2ccc(=O)[nH]c2=O)[C@H](OCCC=S)[C@@H]1O. The molecule has 0 bridgehead atoms. The van der Waals surface area contributed by atoms with E-state index in [-0.39, 0.29) is 6.61 Å². The highest BCUT2D eigenvalue weighted by atomic mass is 32.1. The monoisotopic (exact) mass is 330 g/mol. The highest BCUT2D eigenvalue weighted by molar-refractivity contribution is 7.78. The molecule has 0 amide bonds. The van der Waals surface area contributed by atoms with Gasteiger partial charge in [-0.25, -0.2) is 4.79 Å². The number of nitrogens with one attached hydrogen (secondary N) is 1. The zero-order chi connectivity index (χ0) is 16.1. The molecule has 4 atom stereocenters. The number of hydrogen-bond donors (Lipinski definition) is 2. The zero-order valence-corrected chi connectivity index (χ0v) is 12.8. The van der Waals surface area contributed by atoms with Crippen LogP contribution in [0.3, 0.4) is 0 Å². The van der Waals surface area contributed by atoms with Gasteiger partial charge in [-0.1, -0.05) is 12.2 Å².